The molecule has 2 heterocycles. The van der Waals surface area contributed by atoms with Crippen LogP contribution in [0.25, 0.3) is 0 Å². The molecule has 2 amide bonds. The standard InChI is InChI=1S/C16H11BrN2O2S/c17-10-5-7-11(8-6-10)19-14(20)9-22-16(19)12-3-1-2-4-13(12)18-15(16)21/h1-8H,9H2,(H,18,21). The van der Waals surface area contributed by atoms with Gasteiger partial charge in [0.2, 0.25) is 10.8 Å². The summed E-state index contributed by atoms with van der Waals surface area (Å²) in [5.41, 5.74) is 2.35. The molecular formula is C16H11BrN2O2S. The van der Waals surface area contributed by atoms with E-state index in [1.807, 2.05) is 48.5 Å². The summed E-state index contributed by atoms with van der Waals surface area (Å²) in [7, 11) is 0. The smallest absolute Gasteiger partial charge is 0.266 e. The lowest BCUT2D eigenvalue weighted by Gasteiger charge is -2.32. The fraction of sp³-hybridized carbons (Fsp3) is 0.125. The minimum atomic E-state index is -0.999. The van der Waals surface area contributed by atoms with Gasteiger partial charge in [0.05, 0.1) is 5.75 Å². The number of nitrogens with zero attached hydrogens (tertiary/aromatic N) is 1. The highest BCUT2D eigenvalue weighted by Gasteiger charge is 2.58. The maximum absolute atomic E-state index is 12.7. The molecule has 1 unspecified atom stereocenters. The minimum absolute atomic E-state index is 0.0563. The van der Waals surface area contributed by atoms with Crippen LogP contribution in [-0.2, 0) is 14.5 Å². The highest BCUT2D eigenvalue weighted by atomic mass is 79.9. The Balaban J connectivity index is 1.92. The van der Waals surface area contributed by atoms with Crippen molar-refractivity contribution in [2.75, 3.05) is 16.0 Å². The van der Waals surface area contributed by atoms with Crippen LogP contribution in [0.3, 0.4) is 0 Å². The third-order valence-corrected chi connectivity index (χ3v) is 5.83. The molecule has 4 rings (SSSR count). The van der Waals surface area contributed by atoms with Gasteiger partial charge in [0.1, 0.15) is 0 Å². The average Bonchev–Trinajstić information content (AvgIpc) is 3.00. The molecule has 2 aromatic carbocycles. The molecule has 0 radical (unpaired) electrons. The molecule has 4 nitrogen and oxygen atoms in total. The van der Waals surface area contributed by atoms with Crippen molar-refractivity contribution < 1.29 is 9.59 Å². The van der Waals surface area contributed by atoms with Gasteiger partial charge < -0.3 is 5.32 Å². The third kappa shape index (κ3) is 1.77. The molecule has 2 aliphatic heterocycles. The van der Waals surface area contributed by atoms with Crippen LogP contribution in [0.5, 0.6) is 0 Å². The van der Waals surface area contributed by atoms with Crippen molar-refractivity contribution in [3.63, 3.8) is 0 Å². The number of carbonyl (C=O) groups is 2. The van der Waals surface area contributed by atoms with Gasteiger partial charge in [-0.15, -0.1) is 11.8 Å². The summed E-state index contributed by atoms with van der Waals surface area (Å²) in [4.78, 5) is 25.8. The molecule has 0 aliphatic carbocycles. The lowest BCUT2D eigenvalue weighted by Crippen LogP contribution is -2.47. The zero-order valence-corrected chi connectivity index (χ0v) is 13.8. The Labute approximate surface area is 140 Å². The molecule has 2 aliphatic rings. The summed E-state index contributed by atoms with van der Waals surface area (Å²) in [5, 5.41) is 2.90. The summed E-state index contributed by atoms with van der Waals surface area (Å²) in [6.45, 7) is 0. The molecule has 1 fully saturated rings. The van der Waals surface area contributed by atoms with E-state index in [1.165, 1.54) is 11.8 Å². The molecule has 110 valence electrons. The second-order valence-electron chi connectivity index (χ2n) is 5.14. The molecule has 6 heteroatoms. The lowest BCUT2D eigenvalue weighted by atomic mass is 10.0. The van der Waals surface area contributed by atoms with Crippen molar-refractivity contribution in [1.82, 2.24) is 0 Å². The van der Waals surface area contributed by atoms with Crippen LogP contribution >= 0.6 is 27.7 Å². The number of nitrogens with one attached hydrogen (secondary N) is 1. The van der Waals surface area contributed by atoms with Gasteiger partial charge in [0, 0.05) is 21.4 Å². The van der Waals surface area contributed by atoms with Crippen molar-refractivity contribution in [2.24, 2.45) is 0 Å². The van der Waals surface area contributed by atoms with Crippen molar-refractivity contribution in [2.45, 2.75) is 4.87 Å². The van der Waals surface area contributed by atoms with Gasteiger partial charge in [0.15, 0.2) is 0 Å². The summed E-state index contributed by atoms with van der Waals surface area (Å²) < 4.78 is 0.931. The van der Waals surface area contributed by atoms with E-state index in [4.69, 9.17) is 0 Å². The number of hydrogen-bond acceptors (Lipinski definition) is 3. The molecule has 0 aromatic heterocycles. The first-order chi connectivity index (χ1) is 10.6. The molecule has 1 saturated heterocycles. The molecular weight excluding hydrogens is 364 g/mol. The summed E-state index contributed by atoms with van der Waals surface area (Å²) >= 11 is 4.76. The maximum atomic E-state index is 12.7. The van der Waals surface area contributed by atoms with Crippen LogP contribution in [-0.4, -0.2) is 17.6 Å². The fourth-order valence-corrected chi connectivity index (χ4v) is 4.55. The fourth-order valence-electron chi connectivity index (χ4n) is 2.97. The number of amides is 2. The second-order valence-corrected chi connectivity index (χ2v) is 7.22. The van der Waals surface area contributed by atoms with Crippen molar-refractivity contribution in [3.8, 4) is 0 Å². The minimum Gasteiger partial charge on any atom is -0.323 e. The van der Waals surface area contributed by atoms with Crippen LogP contribution < -0.4 is 10.2 Å². The quantitative estimate of drug-likeness (QED) is 0.832. The predicted molar refractivity (Wildman–Crippen MR) is 90.8 cm³/mol. The monoisotopic (exact) mass is 374 g/mol. The lowest BCUT2D eigenvalue weighted by molar-refractivity contribution is -0.122. The van der Waals surface area contributed by atoms with Crippen molar-refractivity contribution in [1.29, 1.82) is 0 Å². The van der Waals surface area contributed by atoms with Gasteiger partial charge in [-0.05, 0) is 30.3 Å². The SMILES string of the molecule is O=C1CSC2(C(=O)Nc3ccccc32)N1c1ccc(Br)cc1. The van der Waals surface area contributed by atoms with Gasteiger partial charge in [-0.2, -0.15) is 0 Å². The normalized spacial score (nSPS) is 23.0. The van der Waals surface area contributed by atoms with Crippen LogP contribution in [0.15, 0.2) is 53.0 Å². The Kier molecular flexibility index (Phi) is 3.06. The molecule has 0 saturated carbocycles. The van der Waals surface area contributed by atoms with E-state index in [2.05, 4.69) is 21.2 Å². The van der Waals surface area contributed by atoms with Crippen LogP contribution in [0.2, 0.25) is 0 Å². The molecule has 2 aromatic rings. The Morgan fingerprint density at radius 2 is 1.82 bits per heavy atom. The largest absolute Gasteiger partial charge is 0.323 e. The second kappa shape index (κ2) is 4.86. The van der Waals surface area contributed by atoms with Gasteiger partial charge in [-0.3, -0.25) is 14.5 Å². The molecule has 0 bridgehead atoms. The van der Waals surface area contributed by atoms with E-state index < -0.39 is 4.87 Å². The van der Waals surface area contributed by atoms with Crippen molar-refractivity contribution in [3.05, 3.63) is 58.6 Å². The molecule has 22 heavy (non-hydrogen) atoms. The Morgan fingerprint density at radius 3 is 2.59 bits per heavy atom. The predicted octanol–water partition coefficient (Wildman–Crippen LogP) is 3.33. The number of carbonyl (C=O) groups excluding carboxylic acids is 2. The van der Waals surface area contributed by atoms with E-state index in [1.54, 1.807) is 4.90 Å². The number of halogens is 1. The average molecular weight is 375 g/mol. The van der Waals surface area contributed by atoms with E-state index in [9.17, 15) is 9.59 Å². The zero-order valence-electron chi connectivity index (χ0n) is 11.4. The number of thioether (sulfide) groups is 1. The first kappa shape index (κ1) is 13.8. The van der Waals surface area contributed by atoms with E-state index >= 15 is 0 Å². The van der Waals surface area contributed by atoms with E-state index in [0.29, 0.717) is 0 Å². The molecule has 1 spiro atoms. The number of benzene rings is 2. The number of para-hydroxylation sites is 1. The zero-order chi connectivity index (χ0) is 15.3. The Hall–Kier alpha value is -1.79. The highest BCUT2D eigenvalue weighted by molar-refractivity contribution is 9.10. The van der Waals surface area contributed by atoms with Gasteiger partial charge in [-0.1, -0.05) is 34.1 Å². The number of hydrogen-bond donors (Lipinski definition) is 1. The Morgan fingerprint density at radius 1 is 1.09 bits per heavy atom. The van der Waals surface area contributed by atoms with E-state index in [0.717, 1.165) is 21.4 Å². The van der Waals surface area contributed by atoms with Gasteiger partial charge in [0.25, 0.3) is 5.91 Å². The summed E-state index contributed by atoms with van der Waals surface area (Å²) in [5.74, 6) is 0.0734. The van der Waals surface area contributed by atoms with Crippen LogP contribution in [0.4, 0.5) is 11.4 Å². The maximum Gasteiger partial charge on any atom is 0.266 e. The number of rotatable bonds is 1. The third-order valence-electron chi connectivity index (χ3n) is 3.90. The first-order valence-electron chi connectivity index (χ1n) is 6.76. The van der Waals surface area contributed by atoms with Gasteiger partial charge >= 0.3 is 0 Å². The van der Waals surface area contributed by atoms with Crippen LogP contribution in [0, 0.1) is 0 Å². The van der Waals surface area contributed by atoms with Crippen molar-refractivity contribution >= 4 is 50.9 Å². The van der Waals surface area contributed by atoms with Crippen LogP contribution in [0.1, 0.15) is 5.56 Å². The molecule has 1 N–H and O–H groups in total. The molecule has 1 atom stereocenters. The number of anilines is 2. The highest BCUT2D eigenvalue weighted by Crippen LogP contribution is 2.53. The number of fused-ring (bicyclic) bond motifs is 2. The topological polar surface area (TPSA) is 49.4 Å². The van der Waals surface area contributed by atoms with Gasteiger partial charge in [-0.25, -0.2) is 0 Å². The summed E-state index contributed by atoms with van der Waals surface area (Å²) in [6.07, 6.45) is 0. The Bertz CT molecular complexity index is 793. The van der Waals surface area contributed by atoms with E-state index in [-0.39, 0.29) is 17.6 Å². The first-order valence-corrected chi connectivity index (χ1v) is 8.54. The summed E-state index contributed by atoms with van der Waals surface area (Å²) in [6, 6.07) is 15.0.